The Morgan fingerprint density at radius 2 is 2.07 bits per heavy atom. The van der Waals surface area contributed by atoms with Crippen molar-refractivity contribution in [2.24, 2.45) is 0 Å². The van der Waals surface area contributed by atoms with E-state index in [2.05, 4.69) is 5.32 Å². The van der Waals surface area contributed by atoms with Crippen LogP contribution in [0.3, 0.4) is 0 Å². The van der Waals surface area contributed by atoms with Crippen LogP contribution in [0.15, 0.2) is 24.3 Å². The van der Waals surface area contributed by atoms with Gasteiger partial charge in [0.25, 0.3) is 0 Å². The second kappa shape index (κ2) is 6.84. The zero-order valence-corrected chi connectivity index (χ0v) is 8.73. The van der Waals surface area contributed by atoms with E-state index in [4.69, 9.17) is 9.47 Å². The summed E-state index contributed by atoms with van der Waals surface area (Å²) in [6.45, 7) is 1.47. The molecule has 0 aliphatic heterocycles. The molecule has 0 aliphatic carbocycles. The van der Waals surface area contributed by atoms with Crippen molar-refractivity contribution < 1.29 is 14.3 Å². The van der Waals surface area contributed by atoms with Crippen LogP contribution in [-0.2, 0) is 4.79 Å². The first-order valence-corrected chi connectivity index (χ1v) is 4.80. The number of rotatable bonds is 7. The highest BCUT2D eigenvalue weighted by Crippen LogP contribution is 2.18. The summed E-state index contributed by atoms with van der Waals surface area (Å²) >= 11 is 0. The van der Waals surface area contributed by atoms with E-state index in [1.807, 2.05) is 19.2 Å². The zero-order chi connectivity index (χ0) is 10.9. The number of carbonyl (C=O) groups excluding carboxylic acids is 1. The largest absolute Gasteiger partial charge is 0.492 e. The highest BCUT2D eigenvalue weighted by atomic mass is 16.5. The number of benzene rings is 1. The van der Waals surface area contributed by atoms with Crippen molar-refractivity contribution in [2.75, 3.05) is 26.8 Å². The summed E-state index contributed by atoms with van der Waals surface area (Å²) in [7, 11) is 1.87. The average molecular weight is 209 g/mol. The van der Waals surface area contributed by atoms with Crippen molar-refractivity contribution >= 4 is 6.29 Å². The van der Waals surface area contributed by atoms with Crippen LogP contribution in [0.4, 0.5) is 0 Å². The second-order valence-electron chi connectivity index (χ2n) is 2.90. The molecule has 0 spiro atoms. The van der Waals surface area contributed by atoms with Crippen LogP contribution in [0.1, 0.15) is 0 Å². The minimum atomic E-state index is 0.0694. The topological polar surface area (TPSA) is 47.6 Å². The van der Waals surface area contributed by atoms with E-state index >= 15 is 0 Å². The Morgan fingerprint density at radius 3 is 2.73 bits per heavy atom. The molecule has 0 saturated carbocycles. The van der Waals surface area contributed by atoms with Crippen molar-refractivity contribution in [3.05, 3.63) is 24.3 Å². The minimum Gasteiger partial charge on any atom is -0.492 e. The predicted octanol–water partition coefficient (Wildman–Crippen LogP) is 0.862. The monoisotopic (exact) mass is 209 g/mol. The first-order chi connectivity index (χ1) is 7.36. The number of carbonyl (C=O) groups is 1. The van der Waals surface area contributed by atoms with E-state index in [1.54, 1.807) is 12.1 Å². The average Bonchev–Trinajstić information content (AvgIpc) is 2.27. The molecule has 0 amide bonds. The maximum atomic E-state index is 10.1. The van der Waals surface area contributed by atoms with Gasteiger partial charge in [0.1, 0.15) is 24.7 Å². The standard InChI is InChI=1S/C11H15NO3/c1-12-5-7-14-10-3-2-4-11(9-10)15-8-6-13/h2-4,6,9,12H,5,7-8H2,1H3. The molecule has 0 aromatic heterocycles. The van der Waals surface area contributed by atoms with Crippen LogP contribution in [0.5, 0.6) is 11.5 Å². The summed E-state index contributed by atoms with van der Waals surface area (Å²) in [5.74, 6) is 1.39. The van der Waals surface area contributed by atoms with Crippen LogP contribution in [0.2, 0.25) is 0 Å². The molecule has 0 fully saturated rings. The Morgan fingerprint density at radius 1 is 1.33 bits per heavy atom. The lowest BCUT2D eigenvalue weighted by Crippen LogP contribution is -2.15. The van der Waals surface area contributed by atoms with E-state index in [9.17, 15) is 4.79 Å². The van der Waals surface area contributed by atoms with Gasteiger partial charge in [-0.05, 0) is 19.2 Å². The van der Waals surface area contributed by atoms with Crippen molar-refractivity contribution in [1.29, 1.82) is 0 Å². The number of aldehydes is 1. The first kappa shape index (κ1) is 11.5. The highest BCUT2D eigenvalue weighted by molar-refractivity contribution is 5.51. The molecule has 15 heavy (non-hydrogen) atoms. The Hall–Kier alpha value is -1.55. The molecule has 0 saturated heterocycles. The molecule has 0 bridgehead atoms. The van der Waals surface area contributed by atoms with E-state index in [0.29, 0.717) is 18.6 Å². The number of hydrogen-bond acceptors (Lipinski definition) is 4. The maximum Gasteiger partial charge on any atom is 0.157 e. The second-order valence-corrected chi connectivity index (χ2v) is 2.90. The van der Waals surface area contributed by atoms with Gasteiger partial charge in [-0.1, -0.05) is 6.07 Å². The molecule has 82 valence electrons. The molecule has 0 radical (unpaired) electrons. The molecule has 4 heteroatoms. The normalized spacial score (nSPS) is 9.67. The summed E-state index contributed by atoms with van der Waals surface area (Å²) in [5.41, 5.74) is 0. The Balaban J connectivity index is 2.46. The van der Waals surface area contributed by atoms with Gasteiger partial charge in [0.05, 0.1) is 0 Å². The molecule has 1 N–H and O–H groups in total. The lowest BCUT2D eigenvalue weighted by molar-refractivity contribution is -0.109. The number of nitrogens with one attached hydrogen (secondary N) is 1. The van der Waals surface area contributed by atoms with Crippen molar-refractivity contribution in [1.82, 2.24) is 5.32 Å². The van der Waals surface area contributed by atoms with E-state index in [-0.39, 0.29) is 6.61 Å². The fraction of sp³-hybridized carbons (Fsp3) is 0.364. The van der Waals surface area contributed by atoms with Gasteiger partial charge in [-0.25, -0.2) is 0 Å². The fourth-order valence-electron chi connectivity index (χ4n) is 1.05. The summed E-state index contributed by atoms with van der Waals surface area (Å²) in [5, 5.41) is 2.98. The molecule has 0 atom stereocenters. The summed E-state index contributed by atoms with van der Waals surface area (Å²) in [6, 6.07) is 7.23. The van der Waals surface area contributed by atoms with Crippen molar-refractivity contribution in [2.45, 2.75) is 0 Å². The van der Waals surface area contributed by atoms with Crippen LogP contribution in [0.25, 0.3) is 0 Å². The SMILES string of the molecule is CNCCOc1cccc(OCC=O)c1. The summed E-state index contributed by atoms with van der Waals surface area (Å²) < 4.78 is 10.6. The van der Waals surface area contributed by atoms with Gasteiger partial charge in [0.2, 0.25) is 0 Å². The van der Waals surface area contributed by atoms with Crippen LogP contribution >= 0.6 is 0 Å². The lowest BCUT2D eigenvalue weighted by Gasteiger charge is -2.07. The van der Waals surface area contributed by atoms with E-state index < -0.39 is 0 Å². The van der Waals surface area contributed by atoms with Gasteiger partial charge in [-0.15, -0.1) is 0 Å². The van der Waals surface area contributed by atoms with Crippen molar-refractivity contribution in [3.8, 4) is 11.5 Å². The molecule has 1 aromatic carbocycles. The molecule has 1 rings (SSSR count). The number of ether oxygens (including phenoxy) is 2. The Labute approximate surface area is 89.2 Å². The van der Waals surface area contributed by atoms with E-state index in [1.165, 1.54) is 0 Å². The quantitative estimate of drug-likeness (QED) is 0.534. The lowest BCUT2D eigenvalue weighted by atomic mass is 10.3. The van der Waals surface area contributed by atoms with Gasteiger partial charge in [-0.3, -0.25) is 4.79 Å². The third-order valence-electron chi connectivity index (χ3n) is 1.74. The van der Waals surface area contributed by atoms with Gasteiger partial charge in [-0.2, -0.15) is 0 Å². The third kappa shape index (κ3) is 4.46. The maximum absolute atomic E-state index is 10.1. The molecule has 0 unspecified atom stereocenters. The van der Waals surface area contributed by atoms with Crippen LogP contribution in [0, 0.1) is 0 Å². The fourth-order valence-corrected chi connectivity index (χ4v) is 1.05. The molecule has 0 heterocycles. The number of likely N-dealkylation sites (N-methyl/N-ethyl adjacent to an activating group) is 1. The highest BCUT2D eigenvalue weighted by Gasteiger charge is 1.96. The van der Waals surface area contributed by atoms with E-state index in [0.717, 1.165) is 12.3 Å². The zero-order valence-electron chi connectivity index (χ0n) is 8.73. The Kier molecular flexibility index (Phi) is 5.25. The van der Waals surface area contributed by atoms with Crippen LogP contribution < -0.4 is 14.8 Å². The summed E-state index contributed by atoms with van der Waals surface area (Å²) in [4.78, 5) is 10.1. The molecule has 1 aromatic rings. The van der Waals surface area contributed by atoms with Gasteiger partial charge in [0.15, 0.2) is 6.29 Å². The third-order valence-corrected chi connectivity index (χ3v) is 1.74. The Bertz CT molecular complexity index is 302. The molecular formula is C11H15NO3. The molecule has 0 aliphatic rings. The van der Waals surface area contributed by atoms with Crippen LogP contribution in [-0.4, -0.2) is 33.1 Å². The number of hydrogen-bond donors (Lipinski definition) is 1. The first-order valence-electron chi connectivity index (χ1n) is 4.80. The smallest absolute Gasteiger partial charge is 0.157 e. The van der Waals surface area contributed by atoms with Gasteiger partial charge < -0.3 is 14.8 Å². The minimum absolute atomic E-state index is 0.0694. The van der Waals surface area contributed by atoms with Gasteiger partial charge >= 0.3 is 0 Å². The summed E-state index contributed by atoms with van der Waals surface area (Å²) in [6.07, 6.45) is 0.717. The van der Waals surface area contributed by atoms with Crippen molar-refractivity contribution in [3.63, 3.8) is 0 Å². The van der Waals surface area contributed by atoms with Gasteiger partial charge in [0, 0.05) is 12.6 Å². The molecular weight excluding hydrogens is 194 g/mol. The predicted molar refractivity (Wildman–Crippen MR) is 57.4 cm³/mol. The molecule has 4 nitrogen and oxygen atoms in total.